The Morgan fingerprint density at radius 3 is 2.67 bits per heavy atom. The number of amides is 3. The maximum absolute atomic E-state index is 12.8. The topological polar surface area (TPSA) is 95.9 Å². The molecular formula is C21H16BrF3N2O5S. The van der Waals surface area contributed by atoms with Gasteiger partial charge in [-0.3, -0.25) is 19.3 Å². The normalized spacial score (nSPS) is 15.3. The van der Waals surface area contributed by atoms with Crippen molar-refractivity contribution in [2.45, 2.75) is 13.1 Å². The minimum Gasteiger partial charge on any atom is -0.504 e. The molecule has 0 saturated carbocycles. The van der Waals surface area contributed by atoms with Crippen LogP contribution in [0.1, 0.15) is 18.1 Å². The number of hydrogen-bond acceptors (Lipinski definition) is 6. The number of phenols is 1. The number of halogens is 4. The fraction of sp³-hybridized carbons (Fsp3) is 0.190. The molecule has 12 heteroatoms. The zero-order valence-corrected chi connectivity index (χ0v) is 19.3. The Bertz CT molecular complexity index is 1150. The predicted octanol–water partition coefficient (Wildman–Crippen LogP) is 5.25. The number of benzene rings is 2. The van der Waals surface area contributed by atoms with Crippen LogP contribution in [-0.2, 0) is 15.8 Å². The van der Waals surface area contributed by atoms with Gasteiger partial charge in [-0.25, -0.2) is 0 Å². The van der Waals surface area contributed by atoms with Gasteiger partial charge in [0.1, 0.15) is 6.54 Å². The van der Waals surface area contributed by atoms with E-state index in [9.17, 15) is 32.7 Å². The van der Waals surface area contributed by atoms with Gasteiger partial charge >= 0.3 is 6.18 Å². The zero-order valence-electron chi connectivity index (χ0n) is 16.9. The van der Waals surface area contributed by atoms with E-state index >= 15 is 0 Å². The molecule has 7 nitrogen and oxygen atoms in total. The number of ether oxygens (including phenoxy) is 1. The molecule has 0 unspecified atom stereocenters. The van der Waals surface area contributed by atoms with Crippen LogP contribution in [0, 0.1) is 0 Å². The molecule has 0 atom stereocenters. The van der Waals surface area contributed by atoms with Gasteiger partial charge in [-0.05, 0) is 60.7 Å². The standard InChI is InChI=1S/C21H16BrF3N2O5S/c1-2-32-16-6-11(14(22)9-15(16)28)7-17-19(30)27(20(31)33-17)10-18(29)26-13-5-3-4-12(8-13)21(23,24)25/h3-9,28H,2,10H2,1H3,(H,26,29)/b17-7-. The van der Waals surface area contributed by atoms with Crippen molar-refractivity contribution in [2.75, 3.05) is 18.5 Å². The Morgan fingerprint density at radius 2 is 2.00 bits per heavy atom. The van der Waals surface area contributed by atoms with Crippen LogP contribution in [0.2, 0.25) is 0 Å². The summed E-state index contributed by atoms with van der Waals surface area (Å²) in [5.41, 5.74) is -0.607. The van der Waals surface area contributed by atoms with Crippen molar-refractivity contribution >= 4 is 56.5 Å². The predicted molar refractivity (Wildman–Crippen MR) is 120 cm³/mol. The minimum atomic E-state index is -4.58. The third-order valence-electron chi connectivity index (χ3n) is 4.31. The highest BCUT2D eigenvalue weighted by molar-refractivity contribution is 9.10. The van der Waals surface area contributed by atoms with Crippen LogP contribution in [0.5, 0.6) is 11.5 Å². The van der Waals surface area contributed by atoms with Crippen LogP contribution < -0.4 is 10.1 Å². The molecule has 3 amide bonds. The number of nitrogens with one attached hydrogen (secondary N) is 1. The lowest BCUT2D eigenvalue weighted by Gasteiger charge is -2.13. The number of nitrogens with zero attached hydrogens (tertiary/aromatic N) is 1. The number of alkyl halides is 3. The lowest BCUT2D eigenvalue weighted by molar-refractivity contribution is -0.137. The Balaban J connectivity index is 1.74. The lowest BCUT2D eigenvalue weighted by atomic mass is 10.2. The van der Waals surface area contributed by atoms with E-state index in [4.69, 9.17) is 4.74 Å². The lowest BCUT2D eigenvalue weighted by Crippen LogP contribution is -2.36. The molecule has 2 aromatic carbocycles. The molecule has 0 aromatic heterocycles. The van der Waals surface area contributed by atoms with Crippen LogP contribution in [-0.4, -0.2) is 40.2 Å². The minimum absolute atomic E-state index is 0.0284. The highest BCUT2D eigenvalue weighted by atomic mass is 79.9. The quantitative estimate of drug-likeness (QED) is 0.482. The van der Waals surface area contributed by atoms with Gasteiger partial charge in [-0.1, -0.05) is 22.0 Å². The number of carbonyl (C=O) groups is 3. The Kier molecular flexibility index (Phi) is 7.38. The highest BCUT2D eigenvalue weighted by Gasteiger charge is 2.36. The summed E-state index contributed by atoms with van der Waals surface area (Å²) in [7, 11) is 0. The zero-order chi connectivity index (χ0) is 24.3. The molecule has 174 valence electrons. The van der Waals surface area contributed by atoms with Crippen molar-refractivity contribution < 1.29 is 37.4 Å². The molecule has 0 aliphatic carbocycles. The summed E-state index contributed by atoms with van der Waals surface area (Å²) >= 11 is 3.87. The molecule has 1 aliphatic heterocycles. The summed E-state index contributed by atoms with van der Waals surface area (Å²) < 4.78 is 44.2. The average molecular weight is 545 g/mol. The van der Waals surface area contributed by atoms with Crippen molar-refractivity contribution in [3.63, 3.8) is 0 Å². The van der Waals surface area contributed by atoms with E-state index in [1.807, 2.05) is 0 Å². The summed E-state index contributed by atoms with van der Waals surface area (Å²) in [4.78, 5) is 38.0. The van der Waals surface area contributed by atoms with Crippen LogP contribution in [0.15, 0.2) is 45.8 Å². The fourth-order valence-electron chi connectivity index (χ4n) is 2.84. The van der Waals surface area contributed by atoms with Crippen molar-refractivity contribution in [3.05, 3.63) is 56.9 Å². The Morgan fingerprint density at radius 1 is 1.27 bits per heavy atom. The fourth-order valence-corrected chi connectivity index (χ4v) is 4.11. The summed E-state index contributed by atoms with van der Waals surface area (Å²) in [6.45, 7) is 1.36. The second kappa shape index (κ2) is 9.87. The smallest absolute Gasteiger partial charge is 0.416 e. The van der Waals surface area contributed by atoms with Crippen molar-refractivity contribution in [3.8, 4) is 11.5 Å². The van der Waals surface area contributed by atoms with Gasteiger partial charge in [0.05, 0.1) is 17.1 Å². The maximum Gasteiger partial charge on any atom is 0.416 e. The van der Waals surface area contributed by atoms with E-state index in [1.165, 1.54) is 24.3 Å². The average Bonchev–Trinajstić information content (AvgIpc) is 2.98. The third kappa shape index (κ3) is 5.88. The van der Waals surface area contributed by atoms with Gasteiger partial charge in [-0.2, -0.15) is 13.2 Å². The molecule has 33 heavy (non-hydrogen) atoms. The molecule has 0 spiro atoms. The van der Waals surface area contributed by atoms with Gasteiger partial charge in [0.15, 0.2) is 11.5 Å². The molecule has 1 heterocycles. The van der Waals surface area contributed by atoms with Crippen LogP contribution in [0.3, 0.4) is 0 Å². The summed E-state index contributed by atoms with van der Waals surface area (Å²) in [6, 6.07) is 6.87. The van der Waals surface area contributed by atoms with Crippen molar-refractivity contribution in [1.29, 1.82) is 0 Å². The highest BCUT2D eigenvalue weighted by Crippen LogP contribution is 2.37. The van der Waals surface area contributed by atoms with Gasteiger partial charge in [0, 0.05) is 10.2 Å². The summed E-state index contributed by atoms with van der Waals surface area (Å²) in [6.07, 6.45) is -3.18. The first-order valence-electron chi connectivity index (χ1n) is 9.37. The van der Waals surface area contributed by atoms with E-state index in [-0.39, 0.29) is 22.1 Å². The number of rotatable bonds is 6. The monoisotopic (exact) mass is 544 g/mol. The molecule has 1 aliphatic rings. The number of hydrogen-bond donors (Lipinski definition) is 2. The third-order valence-corrected chi connectivity index (χ3v) is 5.91. The first kappa shape index (κ1) is 24.6. The van der Waals surface area contributed by atoms with Gasteiger partial charge in [0.25, 0.3) is 11.1 Å². The van der Waals surface area contributed by atoms with Crippen LogP contribution >= 0.6 is 27.7 Å². The van der Waals surface area contributed by atoms with Gasteiger partial charge in [-0.15, -0.1) is 0 Å². The van der Waals surface area contributed by atoms with E-state index in [0.717, 1.165) is 18.2 Å². The molecule has 1 fully saturated rings. The Labute approximate surface area is 198 Å². The molecule has 3 rings (SSSR count). The SMILES string of the molecule is CCOc1cc(/C=C2\SC(=O)N(CC(=O)Nc3cccc(C(F)(F)F)c3)C2=O)c(Br)cc1O. The molecule has 0 bridgehead atoms. The molecule has 1 saturated heterocycles. The number of thioether (sulfide) groups is 1. The maximum atomic E-state index is 12.8. The largest absolute Gasteiger partial charge is 0.504 e. The first-order chi connectivity index (χ1) is 15.5. The number of phenolic OH excluding ortho intramolecular Hbond substituents is 1. The van der Waals surface area contributed by atoms with E-state index < -0.39 is 35.3 Å². The first-order valence-corrected chi connectivity index (χ1v) is 11.0. The molecule has 2 aromatic rings. The second-order valence-corrected chi connectivity index (χ2v) is 8.52. The van der Waals surface area contributed by atoms with Crippen molar-refractivity contribution in [1.82, 2.24) is 4.90 Å². The summed E-state index contributed by atoms with van der Waals surface area (Å²) in [5.74, 6) is -1.49. The van der Waals surface area contributed by atoms with Crippen LogP contribution in [0.25, 0.3) is 6.08 Å². The molecule has 2 N–H and O–H groups in total. The molecular weight excluding hydrogens is 529 g/mol. The molecule has 0 radical (unpaired) electrons. The summed E-state index contributed by atoms with van der Waals surface area (Å²) in [5, 5.41) is 11.5. The van der Waals surface area contributed by atoms with Gasteiger partial charge < -0.3 is 15.2 Å². The van der Waals surface area contributed by atoms with Gasteiger partial charge in [0.2, 0.25) is 5.91 Å². The van der Waals surface area contributed by atoms with E-state index in [2.05, 4.69) is 21.2 Å². The van der Waals surface area contributed by atoms with Crippen LogP contribution in [0.4, 0.5) is 23.7 Å². The van der Waals surface area contributed by atoms with E-state index in [0.29, 0.717) is 33.3 Å². The Hall–Kier alpha value is -2.99. The second-order valence-electron chi connectivity index (χ2n) is 6.67. The van der Waals surface area contributed by atoms with Crippen molar-refractivity contribution in [2.24, 2.45) is 0 Å². The number of anilines is 1. The number of imide groups is 1. The number of carbonyl (C=O) groups excluding carboxylic acids is 3. The number of aromatic hydroxyl groups is 1. The van der Waals surface area contributed by atoms with E-state index in [1.54, 1.807) is 6.92 Å².